The van der Waals surface area contributed by atoms with E-state index in [2.05, 4.69) is 25.9 Å². The van der Waals surface area contributed by atoms with E-state index in [0.29, 0.717) is 5.46 Å². The van der Waals surface area contributed by atoms with Gasteiger partial charge in [-0.3, -0.25) is 9.97 Å². The summed E-state index contributed by atoms with van der Waals surface area (Å²) in [6.45, 7) is 7.85. The van der Waals surface area contributed by atoms with Crippen molar-refractivity contribution in [1.82, 2.24) is 9.97 Å². The number of hydrogen-bond acceptors (Lipinski definition) is 4. The molecule has 196 valence electrons. The monoisotopic (exact) mass is 586 g/mol. The lowest BCUT2D eigenvalue weighted by Crippen LogP contribution is -2.41. The molecule has 0 unspecified atom stereocenters. The fourth-order valence-corrected chi connectivity index (χ4v) is 3.92. The molecule has 38 heavy (non-hydrogen) atoms. The molecule has 0 saturated carbocycles. The van der Waals surface area contributed by atoms with Crippen molar-refractivity contribution in [2.24, 2.45) is 0 Å². The van der Waals surface area contributed by atoms with E-state index in [9.17, 15) is 17.6 Å². The Kier molecular flexibility index (Phi) is 8.06. The van der Waals surface area contributed by atoms with Crippen LogP contribution >= 0.6 is 15.9 Å². The Bertz CT molecular complexity index is 1380. The molecule has 0 radical (unpaired) electrons. The van der Waals surface area contributed by atoms with Crippen LogP contribution in [0, 0.1) is 23.3 Å². The van der Waals surface area contributed by atoms with E-state index < -0.39 is 41.6 Å². The quantitative estimate of drug-likeness (QED) is 0.189. The summed E-state index contributed by atoms with van der Waals surface area (Å²) < 4.78 is 66.9. The number of benzene rings is 2. The highest BCUT2D eigenvalue weighted by molar-refractivity contribution is 9.10. The summed E-state index contributed by atoms with van der Waals surface area (Å²) in [5.74, 6) is -2.49. The van der Waals surface area contributed by atoms with Crippen molar-refractivity contribution in [2.45, 2.75) is 38.9 Å². The van der Waals surface area contributed by atoms with E-state index in [1.54, 1.807) is 24.3 Å². The predicted octanol–water partition coefficient (Wildman–Crippen LogP) is 7.12. The largest absolute Gasteiger partial charge is 0.496 e. The molecule has 0 aliphatic carbocycles. The first-order valence-corrected chi connectivity index (χ1v) is 12.5. The second kappa shape index (κ2) is 11.0. The Hall–Kier alpha value is -3.08. The molecule has 1 saturated heterocycles. The molecular weight excluding hydrogens is 563 g/mol. The van der Waals surface area contributed by atoms with Gasteiger partial charge in [0.1, 0.15) is 23.3 Å². The minimum absolute atomic E-state index is 0.0926. The summed E-state index contributed by atoms with van der Waals surface area (Å²) in [7, 11) is -0.549. The number of hydrogen-bond donors (Lipinski definition) is 0. The third kappa shape index (κ3) is 5.82. The number of rotatable bonds is 3. The first-order chi connectivity index (χ1) is 17.9. The van der Waals surface area contributed by atoms with Gasteiger partial charge in [0, 0.05) is 22.3 Å². The van der Waals surface area contributed by atoms with Crippen molar-refractivity contribution in [1.29, 1.82) is 0 Å². The van der Waals surface area contributed by atoms with Gasteiger partial charge in [-0.05, 0) is 86.1 Å². The molecule has 1 aliphatic heterocycles. The highest BCUT2D eigenvalue weighted by atomic mass is 79.9. The van der Waals surface area contributed by atoms with Gasteiger partial charge in [-0.2, -0.15) is 0 Å². The maximum atomic E-state index is 13.8. The van der Waals surface area contributed by atoms with Gasteiger partial charge in [-0.15, -0.1) is 0 Å². The summed E-state index contributed by atoms with van der Waals surface area (Å²) in [4.78, 5) is 8.11. The highest BCUT2D eigenvalue weighted by Crippen LogP contribution is 2.36. The van der Waals surface area contributed by atoms with Crippen molar-refractivity contribution in [3.8, 4) is 22.5 Å². The summed E-state index contributed by atoms with van der Waals surface area (Å²) >= 11 is 3.21. The normalized spacial score (nSPS) is 15.7. The van der Waals surface area contributed by atoms with Crippen LogP contribution in [-0.4, -0.2) is 28.3 Å². The van der Waals surface area contributed by atoms with Crippen LogP contribution in [-0.2, 0) is 9.31 Å². The zero-order valence-corrected chi connectivity index (χ0v) is 22.7. The average molecular weight is 587 g/mol. The smallest absolute Gasteiger partial charge is 0.399 e. The molecule has 1 aliphatic rings. The molecule has 1 fully saturated rings. The van der Waals surface area contributed by atoms with Crippen molar-refractivity contribution < 1.29 is 26.9 Å². The topological polar surface area (TPSA) is 44.2 Å². The lowest BCUT2D eigenvalue weighted by Gasteiger charge is -2.32. The Morgan fingerprint density at radius 1 is 0.632 bits per heavy atom. The SMILES string of the molecule is CC1(C)OB(c2ccc(-c3c(F)cccc3F)nc2)OC1(C)C.Fc1cccc(F)c1-c1ccc(Br)cn1. The van der Waals surface area contributed by atoms with Crippen LogP contribution in [0.2, 0.25) is 0 Å². The maximum absolute atomic E-state index is 13.8. The molecule has 2 aromatic carbocycles. The molecule has 0 atom stereocenters. The Labute approximate surface area is 227 Å². The predicted molar refractivity (Wildman–Crippen MR) is 143 cm³/mol. The second-order valence-corrected chi connectivity index (χ2v) is 10.5. The van der Waals surface area contributed by atoms with E-state index in [0.717, 1.165) is 4.47 Å². The third-order valence-corrected chi connectivity index (χ3v) is 6.95. The first kappa shape index (κ1) is 27.9. The summed E-state index contributed by atoms with van der Waals surface area (Å²) in [6, 6.07) is 14.0. The number of pyridine rings is 2. The molecule has 3 heterocycles. The molecule has 2 aromatic heterocycles. The number of nitrogens with zero attached hydrogens (tertiary/aromatic N) is 2. The van der Waals surface area contributed by atoms with Crippen LogP contribution in [0.4, 0.5) is 17.6 Å². The van der Waals surface area contributed by atoms with Gasteiger partial charge in [-0.25, -0.2) is 17.6 Å². The summed E-state index contributed by atoms with van der Waals surface area (Å²) in [5, 5.41) is 0. The number of aromatic nitrogens is 2. The van der Waals surface area contributed by atoms with E-state index in [-0.39, 0.29) is 22.5 Å². The first-order valence-electron chi connectivity index (χ1n) is 11.7. The van der Waals surface area contributed by atoms with Gasteiger partial charge in [0.15, 0.2) is 0 Å². The van der Waals surface area contributed by atoms with E-state index in [1.165, 1.54) is 48.8 Å². The Morgan fingerprint density at radius 2 is 1.05 bits per heavy atom. The van der Waals surface area contributed by atoms with Crippen molar-refractivity contribution in [3.63, 3.8) is 0 Å². The molecule has 0 amide bonds. The Balaban J connectivity index is 0.000000194. The molecule has 5 rings (SSSR count). The summed E-state index contributed by atoms with van der Waals surface area (Å²) in [5.41, 5.74) is 0.110. The molecule has 0 spiro atoms. The maximum Gasteiger partial charge on any atom is 0.496 e. The van der Waals surface area contributed by atoms with Crippen LogP contribution < -0.4 is 5.46 Å². The molecule has 4 aromatic rings. The van der Waals surface area contributed by atoms with Gasteiger partial charge < -0.3 is 9.31 Å². The van der Waals surface area contributed by atoms with Crippen molar-refractivity contribution >= 4 is 28.5 Å². The van der Waals surface area contributed by atoms with Gasteiger partial charge in [0.05, 0.1) is 33.7 Å². The van der Waals surface area contributed by atoms with E-state index in [4.69, 9.17) is 9.31 Å². The fourth-order valence-electron chi connectivity index (χ4n) is 3.68. The molecule has 0 bridgehead atoms. The van der Waals surface area contributed by atoms with Crippen molar-refractivity contribution in [3.05, 3.63) is 101 Å². The van der Waals surface area contributed by atoms with Crippen LogP contribution in [0.15, 0.2) is 77.5 Å². The van der Waals surface area contributed by atoms with Crippen LogP contribution in [0.5, 0.6) is 0 Å². The van der Waals surface area contributed by atoms with Gasteiger partial charge in [0.2, 0.25) is 0 Å². The standard InChI is InChI=1S/C17H18BF2NO2.C11H6BrF2N/c1-16(2)17(3,4)23-18(22-16)11-8-9-14(21-10-11)15-12(19)6-5-7-13(15)20;12-7-4-5-10(15-6-7)11-8(13)2-1-3-9(11)14/h5-10H,1-4H3;1-6H. The van der Waals surface area contributed by atoms with E-state index >= 15 is 0 Å². The zero-order valence-electron chi connectivity index (χ0n) is 21.1. The fraction of sp³-hybridized carbons (Fsp3) is 0.214. The molecule has 4 nitrogen and oxygen atoms in total. The van der Waals surface area contributed by atoms with E-state index in [1.807, 2.05) is 27.7 Å². The lowest BCUT2D eigenvalue weighted by molar-refractivity contribution is 0.00578. The summed E-state index contributed by atoms with van der Waals surface area (Å²) in [6.07, 6.45) is 3.03. The Morgan fingerprint density at radius 3 is 1.42 bits per heavy atom. The molecule has 10 heteroatoms. The van der Waals surface area contributed by atoms with Gasteiger partial charge in [0.25, 0.3) is 0 Å². The zero-order chi connectivity index (χ0) is 27.7. The van der Waals surface area contributed by atoms with Crippen LogP contribution in [0.1, 0.15) is 27.7 Å². The van der Waals surface area contributed by atoms with Gasteiger partial charge >= 0.3 is 7.12 Å². The average Bonchev–Trinajstić information content (AvgIpc) is 3.07. The molecule has 0 N–H and O–H groups in total. The minimum Gasteiger partial charge on any atom is -0.399 e. The number of halogens is 5. The molecular formula is C28H24BBrF4N2O2. The highest BCUT2D eigenvalue weighted by Gasteiger charge is 2.51. The third-order valence-electron chi connectivity index (χ3n) is 6.48. The van der Waals surface area contributed by atoms with Gasteiger partial charge in [-0.1, -0.05) is 18.2 Å². The minimum atomic E-state index is -0.638. The van der Waals surface area contributed by atoms with Crippen LogP contribution in [0.3, 0.4) is 0 Å². The van der Waals surface area contributed by atoms with Crippen LogP contribution in [0.25, 0.3) is 22.5 Å². The lowest BCUT2D eigenvalue weighted by atomic mass is 9.80. The van der Waals surface area contributed by atoms with Crippen molar-refractivity contribution in [2.75, 3.05) is 0 Å². The second-order valence-electron chi connectivity index (χ2n) is 9.62.